The number of hydrogen-bond acceptors (Lipinski definition) is 13. The summed E-state index contributed by atoms with van der Waals surface area (Å²) in [7, 11) is 4.79. The predicted octanol–water partition coefficient (Wildman–Crippen LogP) is 0.441. The second-order valence-corrected chi connectivity index (χ2v) is 11.2. The van der Waals surface area contributed by atoms with Gasteiger partial charge in [0.2, 0.25) is 0 Å². The summed E-state index contributed by atoms with van der Waals surface area (Å²) in [5.74, 6) is 0. The molecule has 234 valence electrons. The molecule has 0 spiro atoms. The van der Waals surface area contributed by atoms with Gasteiger partial charge in [0.1, 0.15) is 24.4 Å². The van der Waals surface area contributed by atoms with Crippen molar-refractivity contribution in [3.63, 3.8) is 0 Å². The van der Waals surface area contributed by atoms with Gasteiger partial charge in [-0.15, -0.1) is 0 Å². The van der Waals surface area contributed by atoms with Crippen LogP contribution in [0.1, 0.15) is 53.4 Å². The van der Waals surface area contributed by atoms with E-state index in [9.17, 15) is 15.3 Å². The van der Waals surface area contributed by atoms with Crippen LogP contribution in [0.15, 0.2) is 0 Å². The fraction of sp³-hybridized carbons (Fsp3) is 1.00. The van der Waals surface area contributed by atoms with E-state index in [0.717, 1.165) is 0 Å². The molecule has 4 heterocycles. The number of rotatable bonds is 9. The number of aliphatic hydroxyl groups excluding tert-OH is 3. The summed E-state index contributed by atoms with van der Waals surface area (Å²) in [6.07, 6.45) is -7.51. The van der Waals surface area contributed by atoms with Gasteiger partial charge in [-0.3, -0.25) is 0 Å². The van der Waals surface area contributed by atoms with Crippen LogP contribution in [0.5, 0.6) is 0 Å². The van der Waals surface area contributed by atoms with Gasteiger partial charge in [0.05, 0.1) is 48.8 Å². The predicted molar refractivity (Wildman–Crippen MR) is 137 cm³/mol. The molecular weight excluding hydrogens is 532 g/mol. The maximum atomic E-state index is 10.4. The summed E-state index contributed by atoms with van der Waals surface area (Å²) >= 11 is 0. The molecule has 4 rings (SSSR count). The molecule has 4 aliphatic heterocycles. The van der Waals surface area contributed by atoms with Crippen LogP contribution < -0.4 is 0 Å². The SMILES string of the molecule is CO[C@H]1C[C@H](O[C@@H]2[C@@H](C)O[C@@H](O[C@@H]3[C@@H](C)O[C@@H](O[C@H]4[C@@H](O)CC(O)O[C@@H]4C)C[C@H]3OC)C[C@H]2OC)O[C@H](C)[C@H]1O. The first-order valence-corrected chi connectivity index (χ1v) is 14.2. The van der Waals surface area contributed by atoms with Crippen LogP contribution in [0.4, 0.5) is 0 Å². The molecule has 1 unspecified atom stereocenters. The molecule has 4 aliphatic rings. The number of aliphatic hydroxyl groups is 3. The molecule has 0 amide bonds. The highest BCUT2D eigenvalue weighted by atomic mass is 16.8. The number of methoxy groups -OCH3 is 3. The maximum Gasteiger partial charge on any atom is 0.161 e. The van der Waals surface area contributed by atoms with Crippen molar-refractivity contribution in [1.82, 2.24) is 0 Å². The van der Waals surface area contributed by atoms with E-state index >= 15 is 0 Å². The van der Waals surface area contributed by atoms with Gasteiger partial charge in [-0.05, 0) is 27.7 Å². The molecule has 4 saturated heterocycles. The van der Waals surface area contributed by atoms with Crippen LogP contribution in [0, 0.1) is 0 Å². The van der Waals surface area contributed by atoms with E-state index in [4.69, 9.17) is 47.4 Å². The molecule has 0 aromatic rings. The smallest absolute Gasteiger partial charge is 0.161 e. The van der Waals surface area contributed by atoms with Gasteiger partial charge < -0.3 is 62.7 Å². The molecular formula is C27H48O13. The van der Waals surface area contributed by atoms with E-state index in [1.165, 1.54) is 0 Å². The van der Waals surface area contributed by atoms with Crippen molar-refractivity contribution in [2.75, 3.05) is 21.3 Å². The molecule has 0 aromatic heterocycles. The molecule has 13 nitrogen and oxygen atoms in total. The van der Waals surface area contributed by atoms with Gasteiger partial charge >= 0.3 is 0 Å². The summed E-state index contributed by atoms with van der Waals surface area (Å²) < 4.78 is 59.3. The Kier molecular flexibility index (Phi) is 11.6. The summed E-state index contributed by atoms with van der Waals surface area (Å²) in [5.41, 5.74) is 0. The second kappa shape index (κ2) is 14.3. The van der Waals surface area contributed by atoms with E-state index < -0.39 is 74.0 Å². The Balaban J connectivity index is 1.33. The topological polar surface area (TPSA) is 153 Å². The summed E-state index contributed by atoms with van der Waals surface area (Å²) in [4.78, 5) is 0. The lowest BCUT2D eigenvalue weighted by Crippen LogP contribution is -2.57. The van der Waals surface area contributed by atoms with E-state index in [1.807, 2.05) is 13.8 Å². The third-order valence-corrected chi connectivity index (χ3v) is 8.39. The van der Waals surface area contributed by atoms with Gasteiger partial charge in [-0.1, -0.05) is 0 Å². The van der Waals surface area contributed by atoms with Crippen LogP contribution in [0.3, 0.4) is 0 Å². The molecule has 4 fully saturated rings. The lowest BCUT2D eigenvalue weighted by Gasteiger charge is -2.46. The molecule has 0 aromatic carbocycles. The highest BCUT2D eigenvalue weighted by Crippen LogP contribution is 2.34. The van der Waals surface area contributed by atoms with Crippen molar-refractivity contribution in [3.05, 3.63) is 0 Å². The van der Waals surface area contributed by atoms with E-state index in [1.54, 1.807) is 35.2 Å². The van der Waals surface area contributed by atoms with Gasteiger partial charge in [-0.25, -0.2) is 0 Å². The first-order chi connectivity index (χ1) is 19.0. The zero-order chi connectivity index (χ0) is 29.1. The zero-order valence-corrected chi connectivity index (χ0v) is 24.5. The second-order valence-electron chi connectivity index (χ2n) is 11.2. The standard InChI is InChI=1S/C27H48O13/c1-12-24(30)17(31-5)9-21(35-12)39-26-15(4)37-23(11-19(26)33-7)40-27-14(3)36-22(10-18(27)32-6)38-25-13(2)34-20(29)8-16(25)28/h12-30H,8-11H2,1-7H3/t12-,13-,14-,15-,16+,17+,18-,19-,20?,21+,22+,23+,24-,25-,26-,27-/m1/s1. The van der Waals surface area contributed by atoms with Crippen LogP contribution in [0.25, 0.3) is 0 Å². The minimum atomic E-state index is -1.02. The largest absolute Gasteiger partial charge is 0.390 e. The highest BCUT2D eigenvalue weighted by molar-refractivity contribution is 4.90. The summed E-state index contributed by atoms with van der Waals surface area (Å²) in [6.45, 7) is 7.31. The van der Waals surface area contributed by atoms with E-state index in [-0.39, 0.29) is 30.8 Å². The maximum absolute atomic E-state index is 10.4. The average Bonchev–Trinajstić information content (AvgIpc) is 2.90. The normalized spacial score (nSPS) is 50.5. The Labute approximate surface area is 236 Å². The Morgan fingerprint density at radius 3 is 1.35 bits per heavy atom. The molecule has 0 aliphatic carbocycles. The third kappa shape index (κ3) is 7.51. The first kappa shape index (κ1) is 32.4. The number of ether oxygens (including phenoxy) is 10. The minimum Gasteiger partial charge on any atom is -0.390 e. The molecule has 0 saturated carbocycles. The summed E-state index contributed by atoms with van der Waals surface area (Å²) in [5, 5.41) is 30.4. The fourth-order valence-electron chi connectivity index (χ4n) is 6.12. The molecule has 0 bridgehead atoms. The van der Waals surface area contributed by atoms with Crippen molar-refractivity contribution < 1.29 is 62.7 Å². The molecule has 0 radical (unpaired) electrons. The average molecular weight is 581 g/mol. The molecule has 40 heavy (non-hydrogen) atoms. The van der Waals surface area contributed by atoms with Gasteiger partial charge in [0.15, 0.2) is 25.2 Å². The Hall–Kier alpha value is -0.520. The monoisotopic (exact) mass is 580 g/mol. The quantitative estimate of drug-likeness (QED) is 0.346. The first-order valence-electron chi connectivity index (χ1n) is 14.2. The van der Waals surface area contributed by atoms with Crippen LogP contribution in [-0.2, 0) is 47.4 Å². The Bertz CT molecular complexity index is 763. The number of hydrogen-bond donors (Lipinski definition) is 3. The minimum absolute atomic E-state index is 0.0696. The van der Waals surface area contributed by atoms with Crippen LogP contribution in [-0.4, -0.2) is 135 Å². The Morgan fingerprint density at radius 2 is 0.900 bits per heavy atom. The molecule has 16 atom stereocenters. The van der Waals surface area contributed by atoms with Crippen molar-refractivity contribution in [1.29, 1.82) is 0 Å². The van der Waals surface area contributed by atoms with E-state index in [2.05, 4.69) is 0 Å². The highest BCUT2D eigenvalue weighted by Gasteiger charge is 2.47. The van der Waals surface area contributed by atoms with Crippen molar-refractivity contribution >= 4 is 0 Å². The van der Waals surface area contributed by atoms with Gasteiger partial charge in [-0.2, -0.15) is 0 Å². The van der Waals surface area contributed by atoms with Gasteiger partial charge in [0, 0.05) is 47.0 Å². The van der Waals surface area contributed by atoms with Crippen molar-refractivity contribution in [2.24, 2.45) is 0 Å². The van der Waals surface area contributed by atoms with Crippen LogP contribution >= 0.6 is 0 Å². The zero-order valence-electron chi connectivity index (χ0n) is 24.5. The lowest BCUT2D eigenvalue weighted by molar-refractivity contribution is -0.344. The molecule has 3 N–H and O–H groups in total. The van der Waals surface area contributed by atoms with Crippen molar-refractivity contribution in [3.8, 4) is 0 Å². The van der Waals surface area contributed by atoms with Crippen molar-refractivity contribution in [2.45, 2.75) is 152 Å². The fourth-order valence-corrected chi connectivity index (χ4v) is 6.12. The molecule has 13 heteroatoms. The summed E-state index contributed by atoms with van der Waals surface area (Å²) in [6, 6.07) is 0. The van der Waals surface area contributed by atoms with Gasteiger partial charge in [0.25, 0.3) is 0 Å². The lowest BCUT2D eigenvalue weighted by atomic mass is 9.99. The third-order valence-electron chi connectivity index (χ3n) is 8.39. The van der Waals surface area contributed by atoms with E-state index in [0.29, 0.717) is 19.3 Å². The van der Waals surface area contributed by atoms with Crippen LogP contribution in [0.2, 0.25) is 0 Å². The Morgan fingerprint density at radius 1 is 0.500 bits per heavy atom.